The molecule has 2 N–H and O–H groups in total. The van der Waals surface area contributed by atoms with Crippen molar-refractivity contribution in [2.24, 2.45) is 0 Å². The third-order valence-corrected chi connectivity index (χ3v) is 6.71. The highest BCUT2D eigenvalue weighted by Crippen LogP contribution is 2.30. The van der Waals surface area contributed by atoms with E-state index < -0.39 is 0 Å². The van der Waals surface area contributed by atoms with Gasteiger partial charge in [-0.2, -0.15) is 10.1 Å². The molecular formula is C27H30N8O2. The lowest BCUT2D eigenvalue weighted by Crippen LogP contribution is -2.31. The van der Waals surface area contributed by atoms with Crippen LogP contribution in [-0.2, 0) is 4.79 Å². The van der Waals surface area contributed by atoms with Crippen molar-refractivity contribution >= 4 is 29.1 Å². The zero-order chi connectivity index (χ0) is 26.1. The molecule has 4 aromatic rings. The van der Waals surface area contributed by atoms with Crippen LogP contribution in [-0.4, -0.2) is 67.7 Å². The van der Waals surface area contributed by atoms with Crippen molar-refractivity contribution in [1.82, 2.24) is 29.7 Å². The van der Waals surface area contributed by atoms with Gasteiger partial charge in [0.25, 0.3) is 5.91 Å². The Hall–Kier alpha value is -4.47. The SMILES string of the molecule is C=CC(=O)N(C)c1ccc(C(=O)N2CC[C@@H](Nc3nc4ccc(-c5cn[nH]c5)c(C(C)C)n4n3)C2)cc1. The second kappa shape index (κ2) is 9.88. The maximum Gasteiger partial charge on any atom is 0.253 e. The number of hydrogen-bond donors (Lipinski definition) is 2. The van der Waals surface area contributed by atoms with Crippen LogP contribution in [0.3, 0.4) is 0 Å². The molecule has 190 valence electrons. The summed E-state index contributed by atoms with van der Waals surface area (Å²) in [6.45, 7) is 8.98. The van der Waals surface area contributed by atoms with Gasteiger partial charge in [0.05, 0.1) is 11.9 Å². The highest BCUT2D eigenvalue weighted by molar-refractivity contribution is 6.01. The fourth-order valence-electron chi connectivity index (χ4n) is 4.75. The van der Waals surface area contributed by atoms with Gasteiger partial charge in [-0.3, -0.25) is 14.7 Å². The number of hydrogen-bond acceptors (Lipinski definition) is 6. The minimum absolute atomic E-state index is 0.0386. The van der Waals surface area contributed by atoms with Gasteiger partial charge in [-0.05, 0) is 54.8 Å². The standard InChI is InChI=1S/C27H30N8O2/c1-5-24(36)33(4)21-8-6-18(7-9-21)26(37)34-13-12-20(16-34)30-27-31-23-11-10-22(19-14-28-29-15-19)25(17(2)3)35(23)32-27/h5-11,14-15,17,20H,1,12-13,16H2,2-4H3,(H,28,29)(H,30,32)/t20-/m1/s1. The van der Waals surface area contributed by atoms with Gasteiger partial charge in [-0.1, -0.05) is 20.4 Å². The predicted octanol–water partition coefficient (Wildman–Crippen LogP) is 3.72. The number of carbonyl (C=O) groups is 2. The van der Waals surface area contributed by atoms with Crippen molar-refractivity contribution in [2.45, 2.75) is 32.2 Å². The summed E-state index contributed by atoms with van der Waals surface area (Å²) >= 11 is 0. The normalized spacial score (nSPS) is 15.4. The Balaban J connectivity index is 1.29. The number of nitrogens with one attached hydrogen (secondary N) is 2. The van der Waals surface area contributed by atoms with Gasteiger partial charge >= 0.3 is 0 Å². The maximum absolute atomic E-state index is 13.1. The van der Waals surface area contributed by atoms with Crippen molar-refractivity contribution in [3.63, 3.8) is 0 Å². The Bertz CT molecular complexity index is 1440. The van der Waals surface area contributed by atoms with Crippen LogP contribution in [0.25, 0.3) is 16.8 Å². The Morgan fingerprint density at radius 1 is 1.22 bits per heavy atom. The van der Waals surface area contributed by atoms with E-state index in [1.807, 2.05) is 21.7 Å². The van der Waals surface area contributed by atoms with Crippen molar-refractivity contribution in [2.75, 3.05) is 30.4 Å². The van der Waals surface area contributed by atoms with E-state index in [2.05, 4.69) is 42.0 Å². The molecule has 0 unspecified atom stereocenters. The van der Waals surface area contributed by atoms with Crippen molar-refractivity contribution in [1.29, 1.82) is 0 Å². The van der Waals surface area contributed by atoms with Gasteiger partial charge in [0.15, 0.2) is 5.65 Å². The van der Waals surface area contributed by atoms with E-state index in [-0.39, 0.29) is 23.8 Å². The number of nitrogens with zero attached hydrogens (tertiary/aromatic N) is 6. The summed E-state index contributed by atoms with van der Waals surface area (Å²) in [5.74, 6) is 0.531. The largest absolute Gasteiger partial charge is 0.348 e. The summed E-state index contributed by atoms with van der Waals surface area (Å²) in [4.78, 5) is 32.9. The average Bonchev–Trinajstić information content (AvgIpc) is 3.68. The van der Waals surface area contributed by atoms with Crippen molar-refractivity contribution in [3.8, 4) is 11.1 Å². The molecule has 0 aliphatic carbocycles. The molecule has 0 spiro atoms. The molecule has 4 heterocycles. The molecule has 2 amide bonds. The number of likely N-dealkylation sites (N-methyl/N-ethyl adjacent to an activating group) is 1. The summed E-state index contributed by atoms with van der Waals surface area (Å²) in [5.41, 5.74) is 5.19. The summed E-state index contributed by atoms with van der Waals surface area (Å²) in [7, 11) is 1.67. The van der Waals surface area contributed by atoms with Gasteiger partial charge in [0, 0.05) is 54.8 Å². The number of aromatic amines is 1. The topological polar surface area (TPSA) is 112 Å². The molecule has 0 saturated carbocycles. The second-order valence-corrected chi connectivity index (χ2v) is 9.51. The summed E-state index contributed by atoms with van der Waals surface area (Å²) in [6.07, 6.45) is 5.74. The number of pyridine rings is 1. The third kappa shape index (κ3) is 4.69. The summed E-state index contributed by atoms with van der Waals surface area (Å²) in [5, 5.41) is 15.1. The van der Waals surface area contributed by atoms with E-state index in [1.54, 1.807) is 37.5 Å². The molecule has 1 fully saturated rings. The van der Waals surface area contributed by atoms with E-state index >= 15 is 0 Å². The predicted molar refractivity (Wildman–Crippen MR) is 143 cm³/mol. The fraction of sp³-hybridized carbons (Fsp3) is 0.296. The quantitative estimate of drug-likeness (QED) is 0.376. The molecule has 1 aliphatic heterocycles. The zero-order valence-electron chi connectivity index (χ0n) is 21.2. The molecule has 0 bridgehead atoms. The van der Waals surface area contributed by atoms with E-state index in [0.29, 0.717) is 30.3 Å². The Labute approximate surface area is 215 Å². The number of H-pyrrole nitrogens is 1. The number of rotatable bonds is 7. The van der Waals surface area contributed by atoms with Gasteiger partial charge in [-0.15, -0.1) is 5.10 Å². The Morgan fingerprint density at radius 3 is 2.68 bits per heavy atom. The lowest BCUT2D eigenvalue weighted by Gasteiger charge is -2.18. The number of aromatic nitrogens is 5. The van der Waals surface area contributed by atoms with Gasteiger partial charge in [0.2, 0.25) is 11.9 Å². The lowest BCUT2D eigenvalue weighted by atomic mass is 10.00. The summed E-state index contributed by atoms with van der Waals surface area (Å²) in [6, 6.07) is 11.1. The molecule has 1 atom stereocenters. The lowest BCUT2D eigenvalue weighted by molar-refractivity contribution is -0.113. The van der Waals surface area contributed by atoms with Crippen molar-refractivity contribution in [3.05, 3.63) is 72.7 Å². The molecule has 1 aliphatic rings. The van der Waals surface area contributed by atoms with Gasteiger partial charge in [-0.25, -0.2) is 4.52 Å². The molecule has 1 aromatic carbocycles. The number of anilines is 2. The molecule has 37 heavy (non-hydrogen) atoms. The van der Waals surface area contributed by atoms with Crippen LogP contribution in [0, 0.1) is 0 Å². The fourth-order valence-corrected chi connectivity index (χ4v) is 4.75. The van der Waals surface area contributed by atoms with Crippen LogP contribution in [0.5, 0.6) is 0 Å². The molecule has 0 radical (unpaired) electrons. The molecule has 5 rings (SSSR count). The highest BCUT2D eigenvalue weighted by Gasteiger charge is 2.28. The smallest absolute Gasteiger partial charge is 0.253 e. The van der Waals surface area contributed by atoms with E-state index in [1.165, 1.54) is 11.0 Å². The van der Waals surface area contributed by atoms with Crippen LogP contribution in [0.2, 0.25) is 0 Å². The minimum atomic E-state index is -0.202. The minimum Gasteiger partial charge on any atom is -0.348 e. The Morgan fingerprint density at radius 2 is 2.00 bits per heavy atom. The molecule has 10 nitrogen and oxygen atoms in total. The van der Waals surface area contributed by atoms with Crippen LogP contribution < -0.4 is 10.2 Å². The second-order valence-electron chi connectivity index (χ2n) is 9.51. The van der Waals surface area contributed by atoms with Crippen LogP contribution in [0.15, 0.2) is 61.4 Å². The highest BCUT2D eigenvalue weighted by atomic mass is 16.2. The van der Waals surface area contributed by atoms with E-state index in [0.717, 1.165) is 28.9 Å². The first kappa shape index (κ1) is 24.2. The molecule has 3 aromatic heterocycles. The van der Waals surface area contributed by atoms with Crippen LogP contribution in [0.4, 0.5) is 11.6 Å². The third-order valence-electron chi connectivity index (χ3n) is 6.71. The molecular weight excluding hydrogens is 468 g/mol. The van der Waals surface area contributed by atoms with Gasteiger partial charge in [0.1, 0.15) is 0 Å². The van der Waals surface area contributed by atoms with Gasteiger partial charge < -0.3 is 15.1 Å². The van der Waals surface area contributed by atoms with Crippen molar-refractivity contribution < 1.29 is 9.59 Å². The Kier molecular flexibility index (Phi) is 6.47. The molecule has 1 saturated heterocycles. The number of amides is 2. The zero-order valence-corrected chi connectivity index (χ0v) is 21.2. The van der Waals surface area contributed by atoms with Crippen LogP contribution in [0.1, 0.15) is 42.2 Å². The monoisotopic (exact) mass is 498 g/mol. The average molecular weight is 499 g/mol. The van der Waals surface area contributed by atoms with E-state index in [9.17, 15) is 9.59 Å². The maximum atomic E-state index is 13.1. The number of carbonyl (C=O) groups excluding carboxylic acids is 2. The number of fused-ring (bicyclic) bond motifs is 1. The molecule has 10 heteroatoms. The van der Waals surface area contributed by atoms with E-state index in [4.69, 9.17) is 10.1 Å². The first-order valence-electron chi connectivity index (χ1n) is 12.3. The summed E-state index contributed by atoms with van der Waals surface area (Å²) < 4.78 is 1.89. The number of likely N-dealkylation sites (tertiary alicyclic amines) is 1. The van der Waals surface area contributed by atoms with Crippen LogP contribution >= 0.6 is 0 Å². The number of benzene rings is 1. The first-order valence-corrected chi connectivity index (χ1v) is 12.3. The first-order chi connectivity index (χ1) is 17.9.